The summed E-state index contributed by atoms with van der Waals surface area (Å²) in [5, 5.41) is 0. The molecule has 5 heteroatoms. The largest absolute Gasteiger partial charge is 0.416 e. The summed E-state index contributed by atoms with van der Waals surface area (Å²) in [6.45, 7) is 3.69. The third-order valence-corrected chi connectivity index (χ3v) is 3.61. The molecule has 0 spiro atoms. The Morgan fingerprint density at radius 3 is 1.90 bits per heavy atom. The van der Waals surface area contributed by atoms with E-state index < -0.39 is 17.2 Å². The second-order valence-corrected chi connectivity index (χ2v) is 5.59. The summed E-state index contributed by atoms with van der Waals surface area (Å²) in [5.41, 5.74) is 12.0. The lowest BCUT2D eigenvalue weighted by molar-refractivity contribution is -0.137. The standard InChI is InChI=1S/C16H17F3N2/c1-15(2,10-4-3-5-13(20)7-10)11-6-12(16(17,18)19)9-14(21)8-11/h3-9H,20-21H2,1-2H3. The molecule has 0 heterocycles. The van der Waals surface area contributed by atoms with Gasteiger partial charge in [0.05, 0.1) is 5.56 Å². The maximum absolute atomic E-state index is 12.9. The number of hydrogen-bond donors (Lipinski definition) is 2. The fourth-order valence-electron chi connectivity index (χ4n) is 2.27. The summed E-state index contributed by atoms with van der Waals surface area (Å²) in [6, 6.07) is 10.8. The molecule has 0 saturated carbocycles. The predicted octanol–water partition coefficient (Wildman–Crippen LogP) is 4.20. The smallest absolute Gasteiger partial charge is 0.399 e. The maximum atomic E-state index is 12.9. The topological polar surface area (TPSA) is 52.0 Å². The van der Waals surface area contributed by atoms with Gasteiger partial charge in [0.1, 0.15) is 0 Å². The molecule has 0 amide bonds. The second kappa shape index (κ2) is 4.98. The zero-order valence-corrected chi connectivity index (χ0v) is 11.8. The van der Waals surface area contributed by atoms with E-state index >= 15 is 0 Å². The van der Waals surface area contributed by atoms with Gasteiger partial charge in [0.2, 0.25) is 0 Å². The Labute approximate surface area is 121 Å². The summed E-state index contributed by atoms with van der Waals surface area (Å²) < 4.78 is 38.8. The van der Waals surface area contributed by atoms with Crippen LogP contribution in [0.4, 0.5) is 24.5 Å². The van der Waals surface area contributed by atoms with E-state index in [2.05, 4.69) is 0 Å². The van der Waals surface area contributed by atoms with Gasteiger partial charge in [0.25, 0.3) is 0 Å². The van der Waals surface area contributed by atoms with Crippen LogP contribution in [0.25, 0.3) is 0 Å². The van der Waals surface area contributed by atoms with E-state index in [0.29, 0.717) is 11.3 Å². The lowest BCUT2D eigenvalue weighted by atomic mass is 9.77. The summed E-state index contributed by atoms with van der Waals surface area (Å²) in [6.07, 6.45) is -4.42. The van der Waals surface area contributed by atoms with Crippen molar-refractivity contribution in [3.63, 3.8) is 0 Å². The summed E-state index contributed by atoms with van der Waals surface area (Å²) >= 11 is 0. The van der Waals surface area contributed by atoms with Crippen LogP contribution >= 0.6 is 0 Å². The van der Waals surface area contributed by atoms with Gasteiger partial charge in [-0.15, -0.1) is 0 Å². The van der Waals surface area contributed by atoms with Crippen LogP contribution in [0.15, 0.2) is 42.5 Å². The van der Waals surface area contributed by atoms with Gasteiger partial charge in [-0.25, -0.2) is 0 Å². The minimum absolute atomic E-state index is 0.0943. The Bertz CT molecular complexity index is 661. The molecule has 0 saturated heterocycles. The van der Waals surface area contributed by atoms with Crippen molar-refractivity contribution in [2.24, 2.45) is 0 Å². The van der Waals surface area contributed by atoms with Crippen LogP contribution in [0.5, 0.6) is 0 Å². The zero-order valence-electron chi connectivity index (χ0n) is 11.8. The number of alkyl halides is 3. The molecule has 112 valence electrons. The predicted molar refractivity (Wildman–Crippen MR) is 78.8 cm³/mol. The van der Waals surface area contributed by atoms with Crippen LogP contribution < -0.4 is 11.5 Å². The molecule has 21 heavy (non-hydrogen) atoms. The average Bonchev–Trinajstić information content (AvgIpc) is 2.37. The van der Waals surface area contributed by atoms with Crippen molar-refractivity contribution in [3.05, 3.63) is 59.2 Å². The molecule has 0 atom stereocenters. The molecule has 4 N–H and O–H groups in total. The maximum Gasteiger partial charge on any atom is 0.416 e. The van der Waals surface area contributed by atoms with Gasteiger partial charge < -0.3 is 11.5 Å². The highest BCUT2D eigenvalue weighted by atomic mass is 19.4. The van der Waals surface area contributed by atoms with Crippen molar-refractivity contribution < 1.29 is 13.2 Å². The first-order valence-corrected chi connectivity index (χ1v) is 6.45. The van der Waals surface area contributed by atoms with Crippen LogP contribution in [0.1, 0.15) is 30.5 Å². The van der Waals surface area contributed by atoms with Gasteiger partial charge in [0, 0.05) is 16.8 Å². The fraction of sp³-hybridized carbons (Fsp3) is 0.250. The number of anilines is 2. The van der Waals surface area contributed by atoms with Crippen LogP contribution in [0.3, 0.4) is 0 Å². The number of nitrogen functional groups attached to an aromatic ring is 2. The molecule has 0 fully saturated rings. The third kappa shape index (κ3) is 3.12. The molecule has 0 unspecified atom stereocenters. The van der Waals surface area contributed by atoms with E-state index in [4.69, 9.17) is 11.5 Å². The molecule has 2 nitrogen and oxygen atoms in total. The number of hydrogen-bond acceptors (Lipinski definition) is 2. The normalized spacial score (nSPS) is 12.4. The van der Waals surface area contributed by atoms with Crippen molar-refractivity contribution in [3.8, 4) is 0 Å². The lowest BCUT2D eigenvalue weighted by Crippen LogP contribution is -2.20. The van der Waals surface area contributed by atoms with Crippen molar-refractivity contribution in [1.82, 2.24) is 0 Å². The van der Waals surface area contributed by atoms with Crippen LogP contribution in [0, 0.1) is 0 Å². The Hall–Kier alpha value is -2.17. The van der Waals surface area contributed by atoms with Gasteiger partial charge >= 0.3 is 6.18 Å². The number of halogens is 3. The van der Waals surface area contributed by atoms with Crippen LogP contribution in [-0.2, 0) is 11.6 Å². The van der Waals surface area contributed by atoms with Crippen LogP contribution in [0.2, 0.25) is 0 Å². The summed E-state index contributed by atoms with van der Waals surface area (Å²) in [5.74, 6) is 0. The highest BCUT2D eigenvalue weighted by molar-refractivity contribution is 5.52. The van der Waals surface area contributed by atoms with Crippen LogP contribution in [-0.4, -0.2) is 0 Å². The molecule has 0 aromatic heterocycles. The van der Waals surface area contributed by atoms with Crippen molar-refractivity contribution >= 4 is 11.4 Å². The highest BCUT2D eigenvalue weighted by Crippen LogP contribution is 2.37. The van der Waals surface area contributed by atoms with Gasteiger partial charge in [-0.05, 0) is 41.5 Å². The molecule has 0 bridgehead atoms. The lowest BCUT2D eigenvalue weighted by Gasteiger charge is -2.27. The average molecular weight is 294 g/mol. The highest BCUT2D eigenvalue weighted by Gasteiger charge is 2.33. The second-order valence-electron chi connectivity index (χ2n) is 5.59. The molecular formula is C16H17F3N2. The summed E-state index contributed by atoms with van der Waals surface area (Å²) in [4.78, 5) is 0. The Kier molecular flexibility index (Phi) is 3.61. The molecular weight excluding hydrogens is 277 g/mol. The van der Waals surface area contributed by atoms with Gasteiger partial charge in [-0.3, -0.25) is 0 Å². The Morgan fingerprint density at radius 1 is 0.762 bits per heavy atom. The van der Waals surface area contributed by atoms with E-state index in [-0.39, 0.29) is 5.69 Å². The zero-order chi connectivity index (χ0) is 15.8. The first-order valence-electron chi connectivity index (χ1n) is 6.45. The van der Waals surface area contributed by atoms with E-state index in [1.165, 1.54) is 0 Å². The van der Waals surface area contributed by atoms with Gasteiger partial charge in [0.15, 0.2) is 0 Å². The molecule has 0 radical (unpaired) electrons. The van der Waals surface area contributed by atoms with E-state index in [0.717, 1.165) is 17.7 Å². The number of nitrogens with two attached hydrogens (primary N) is 2. The van der Waals surface area contributed by atoms with E-state index in [1.807, 2.05) is 19.9 Å². The molecule has 0 aliphatic carbocycles. The van der Waals surface area contributed by atoms with Gasteiger partial charge in [-0.2, -0.15) is 13.2 Å². The first-order chi connectivity index (χ1) is 9.60. The van der Waals surface area contributed by atoms with Gasteiger partial charge in [-0.1, -0.05) is 26.0 Å². The minimum Gasteiger partial charge on any atom is -0.399 e. The number of rotatable bonds is 2. The monoisotopic (exact) mass is 294 g/mol. The van der Waals surface area contributed by atoms with Crippen molar-refractivity contribution in [1.29, 1.82) is 0 Å². The van der Waals surface area contributed by atoms with E-state index in [9.17, 15) is 13.2 Å². The SMILES string of the molecule is CC(C)(c1cccc(N)c1)c1cc(N)cc(C(F)(F)F)c1. The third-order valence-electron chi connectivity index (χ3n) is 3.61. The quantitative estimate of drug-likeness (QED) is 0.816. The minimum atomic E-state index is -4.42. The Balaban J connectivity index is 2.57. The van der Waals surface area contributed by atoms with E-state index in [1.54, 1.807) is 24.3 Å². The molecule has 2 aromatic carbocycles. The fourth-order valence-corrected chi connectivity index (χ4v) is 2.27. The molecule has 0 aliphatic heterocycles. The molecule has 0 aliphatic rings. The number of benzene rings is 2. The Morgan fingerprint density at radius 2 is 1.33 bits per heavy atom. The molecule has 2 rings (SSSR count). The summed E-state index contributed by atoms with van der Waals surface area (Å²) in [7, 11) is 0. The van der Waals surface area contributed by atoms with Crippen molar-refractivity contribution in [2.45, 2.75) is 25.4 Å². The molecule has 2 aromatic rings. The van der Waals surface area contributed by atoms with Crippen molar-refractivity contribution in [2.75, 3.05) is 11.5 Å². The first kappa shape index (κ1) is 15.2.